The zero-order valence-electron chi connectivity index (χ0n) is 17.0. The van der Waals surface area contributed by atoms with Crippen molar-refractivity contribution in [2.45, 2.75) is 38.6 Å². The molecule has 0 aromatic heterocycles. The van der Waals surface area contributed by atoms with E-state index in [2.05, 4.69) is 11.4 Å². The van der Waals surface area contributed by atoms with Crippen LogP contribution in [0.3, 0.4) is 0 Å². The summed E-state index contributed by atoms with van der Waals surface area (Å²) >= 11 is 0. The highest BCUT2D eigenvalue weighted by atomic mass is 19.1. The largest absolute Gasteiger partial charge is 0.496 e. The van der Waals surface area contributed by atoms with E-state index in [0.29, 0.717) is 6.54 Å². The van der Waals surface area contributed by atoms with Crippen LogP contribution >= 0.6 is 0 Å². The number of methoxy groups -OCH3 is 1. The van der Waals surface area contributed by atoms with Crippen LogP contribution in [0.15, 0.2) is 29.8 Å². The molecule has 154 valence electrons. The van der Waals surface area contributed by atoms with Crippen LogP contribution in [0.1, 0.15) is 37.7 Å². The Balaban J connectivity index is 1.36. The third-order valence-electron chi connectivity index (χ3n) is 5.91. The molecule has 1 fully saturated rings. The minimum atomic E-state index is -0.222. The molecular formula is C22H34FN3O2+2. The molecule has 1 aliphatic carbocycles. The summed E-state index contributed by atoms with van der Waals surface area (Å²) in [5.41, 5.74) is 2.42. The number of halogens is 1. The van der Waals surface area contributed by atoms with Gasteiger partial charge in [0.1, 0.15) is 44.3 Å². The molecule has 0 unspecified atom stereocenters. The van der Waals surface area contributed by atoms with E-state index in [4.69, 9.17) is 4.74 Å². The summed E-state index contributed by atoms with van der Waals surface area (Å²) in [5, 5.41) is 3.08. The minimum Gasteiger partial charge on any atom is -0.496 e. The molecule has 1 aromatic carbocycles. The molecule has 1 saturated heterocycles. The van der Waals surface area contributed by atoms with Crippen LogP contribution in [0.25, 0.3) is 0 Å². The van der Waals surface area contributed by atoms with Gasteiger partial charge >= 0.3 is 0 Å². The topological polar surface area (TPSA) is 47.2 Å². The van der Waals surface area contributed by atoms with Gasteiger partial charge in [0.25, 0.3) is 5.91 Å². The van der Waals surface area contributed by atoms with Crippen LogP contribution in [-0.2, 0) is 11.3 Å². The monoisotopic (exact) mass is 391 g/mol. The number of allylic oxidation sites excluding steroid dienone is 1. The van der Waals surface area contributed by atoms with Crippen LogP contribution in [0, 0.1) is 5.82 Å². The number of nitrogens with one attached hydrogen (secondary N) is 3. The van der Waals surface area contributed by atoms with Crippen molar-refractivity contribution in [2.75, 3.05) is 46.4 Å². The van der Waals surface area contributed by atoms with Gasteiger partial charge in [-0.05, 0) is 50.3 Å². The molecule has 3 rings (SSSR count). The number of hydrogen-bond acceptors (Lipinski definition) is 2. The molecule has 0 spiro atoms. The van der Waals surface area contributed by atoms with E-state index < -0.39 is 0 Å². The van der Waals surface area contributed by atoms with Crippen LogP contribution in [-0.4, -0.2) is 52.3 Å². The fourth-order valence-corrected chi connectivity index (χ4v) is 4.25. The normalized spacial score (nSPS) is 22.4. The molecule has 0 radical (unpaired) electrons. The average Bonchev–Trinajstić information content (AvgIpc) is 2.70. The van der Waals surface area contributed by atoms with Crippen molar-refractivity contribution in [1.82, 2.24) is 5.32 Å². The first-order valence-corrected chi connectivity index (χ1v) is 10.6. The Bertz CT molecular complexity index is 684. The number of benzene rings is 1. The van der Waals surface area contributed by atoms with Crippen molar-refractivity contribution in [2.24, 2.45) is 0 Å². The Morgan fingerprint density at radius 2 is 1.96 bits per heavy atom. The lowest BCUT2D eigenvalue weighted by Gasteiger charge is -2.29. The average molecular weight is 392 g/mol. The van der Waals surface area contributed by atoms with E-state index in [-0.39, 0.29) is 11.7 Å². The summed E-state index contributed by atoms with van der Waals surface area (Å²) in [6.45, 7) is 5.96. The first-order valence-electron chi connectivity index (χ1n) is 10.6. The molecule has 1 aromatic rings. The lowest BCUT2D eigenvalue weighted by Crippen LogP contribution is -3.28. The summed E-state index contributed by atoms with van der Waals surface area (Å²) < 4.78 is 18.9. The summed E-state index contributed by atoms with van der Waals surface area (Å²) in [5.74, 6) is 0.679. The Hall–Kier alpha value is -1.92. The molecule has 28 heavy (non-hydrogen) atoms. The summed E-state index contributed by atoms with van der Waals surface area (Å²) in [7, 11) is 1.62. The third-order valence-corrected chi connectivity index (χ3v) is 5.91. The van der Waals surface area contributed by atoms with Gasteiger partial charge in [-0.1, -0.05) is 11.6 Å². The first-order chi connectivity index (χ1) is 13.6. The molecule has 0 saturated carbocycles. The molecule has 3 N–H and O–H groups in total. The maximum Gasteiger partial charge on any atom is 0.275 e. The SMILES string of the molecule is COc1ccc(F)cc1C[NH+]1CC[NH+](CC(=O)NCCC2=CCCCC2)CC1. The Morgan fingerprint density at radius 3 is 2.68 bits per heavy atom. The highest BCUT2D eigenvalue weighted by Crippen LogP contribution is 2.19. The third kappa shape index (κ3) is 6.31. The molecule has 1 amide bonds. The second kappa shape index (κ2) is 10.6. The van der Waals surface area contributed by atoms with Gasteiger partial charge in [0, 0.05) is 6.54 Å². The Labute approximate surface area is 167 Å². The van der Waals surface area contributed by atoms with Gasteiger partial charge in [-0.2, -0.15) is 0 Å². The molecule has 6 heteroatoms. The van der Waals surface area contributed by atoms with Crippen LogP contribution in [0.5, 0.6) is 5.75 Å². The van der Waals surface area contributed by atoms with Crippen molar-refractivity contribution < 1.29 is 23.7 Å². The fourth-order valence-electron chi connectivity index (χ4n) is 4.25. The van der Waals surface area contributed by atoms with Gasteiger partial charge in [-0.25, -0.2) is 4.39 Å². The van der Waals surface area contributed by atoms with Crippen molar-refractivity contribution in [3.63, 3.8) is 0 Å². The Morgan fingerprint density at radius 1 is 1.18 bits per heavy atom. The molecule has 0 atom stereocenters. The zero-order valence-corrected chi connectivity index (χ0v) is 17.0. The standard InChI is InChI=1S/C22H32FN3O2/c1-28-21-8-7-20(23)15-19(21)16-25-11-13-26(14-12-25)17-22(27)24-10-9-18-5-3-2-4-6-18/h5,7-8,15H,2-4,6,9-14,16-17H2,1H3,(H,24,27)/p+2. The van der Waals surface area contributed by atoms with E-state index in [1.165, 1.54) is 47.1 Å². The van der Waals surface area contributed by atoms with Gasteiger partial charge in [0.05, 0.1) is 12.7 Å². The number of quaternary nitrogens is 2. The van der Waals surface area contributed by atoms with Crippen LogP contribution in [0.4, 0.5) is 4.39 Å². The van der Waals surface area contributed by atoms with E-state index in [9.17, 15) is 9.18 Å². The number of ether oxygens (including phenoxy) is 1. The second-order valence-corrected chi connectivity index (χ2v) is 8.02. The number of rotatable bonds is 8. The van der Waals surface area contributed by atoms with Gasteiger partial charge in [-0.15, -0.1) is 0 Å². The maximum atomic E-state index is 13.5. The lowest BCUT2D eigenvalue weighted by molar-refractivity contribution is -1.02. The van der Waals surface area contributed by atoms with E-state index >= 15 is 0 Å². The van der Waals surface area contributed by atoms with Gasteiger partial charge in [0.2, 0.25) is 0 Å². The summed E-state index contributed by atoms with van der Waals surface area (Å²) in [6, 6.07) is 4.70. The smallest absolute Gasteiger partial charge is 0.275 e. The number of carbonyl (C=O) groups is 1. The first kappa shape index (κ1) is 20.8. The number of hydrogen-bond donors (Lipinski definition) is 3. The van der Waals surface area contributed by atoms with E-state index in [1.54, 1.807) is 19.2 Å². The van der Waals surface area contributed by atoms with Gasteiger partial charge < -0.3 is 19.9 Å². The Kier molecular flexibility index (Phi) is 7.86. The van der Waals surface area contributed by atoms with Crippen molar-refractivity contribution >= 4 is 5.91 Å². The minimum absolute atomic E-state index is 0.154. The highest BCUT2D eigenvalue weighted by molar-refractivity contribution is 5.76. The molecule has 0 bridgehead atoms. The molecule has 1 aliphatic heterocycles. The van der Waals surface area contributed by atoms with Gasteiger partial charge in [-0.3, -0.25) is 4.79 Å². The van der Waals surface area contributed by atoms with E-state index in [1.807, 2.05) is 0 Å². The lowest BCUT2D eigenvalue weighted by atomic mass is 9.97. The maximum absolute atomic E-state index is 13.5. The quantitative estimate of drug-likeness (QED) is 0.552. The number of amides is 1. The van der Waals surface area contributed by atoms with Crippen molar-refractivity contribution in [1.29, 1.82) is 0 Å². The zero-order chi connectivity index (χ0) is 19.8. The number of piperazine rings is 1. The van der Waals surface area contributed by atoms with Crippen LogP contribution in [0.2, 0.25) is 0 Å². The molecular weight excluding hydrogens is 357 g/mol. The summed E-state index contributed by atoms with van der Waals surface area (Å²) in [6.07, 6.45) is 8.33. The fraction of sp³-hybridized carbons (Fsp3) is 0.591. The predicted octanol–water partition coefficient (Wildman–Crippen LogP) is 0.124. The highest BCUT2D eigenvalue weighted by Gasteiger charge is 2.25. The van der Waals surface area contributed by atoms with Crippen LogP contribution < -0.4 is 19.9 Å². The van der Waals surface area contributed by atoms with Gasteiger partial charge in [0.15, 0.2) is 6.54 Å². The predicted molar refractivity (Wildman–Crippen MR) is 107 cm³/mol. The van der Waals surface area contributed by atoms with Crippen molar-refractivity contribution in [3.8, 4) is 5.75 Å². The second-order valence-electron chi connectivity index (χ2n) is 8.02. The molecule has 1 heterocycles. The number of carbonyl (C=O) groups excluding carboxylic acids is 1. The molecule has 5 nitrogen and oxygen atoms in total. The summed E-state index contributed by atoms with van der Waals surface area (Å²) in [4.78, 5) is 15.0. The van der Waals surface area contributed by atoms with E-state index in [0.717, 1.165) is 57.0 Å². The van der Waals surface area contributed by atoms with Crippen molar-refractivity contribution in [3.05, 3.63) is 41.2 Å². The molecule has 2 aliphatic rings.